The number of anilines is 2. The van der Waals surface area contributed by atoms with Gasteiger partial charge in [0, 0.05) is 23.5 Å². The van der Waals surface area contributed by atoms with Crippen LogP contribution < -0.4 is 28.7 Å². The zero-order valence-electron chi connectivity index (χ0n) is 13.1. The molecule has 0 bridgehead atoms. The molecule has 25 heavy (non-hydrogen) atoms. The maximum absolute atomic E-state index is 5.56. The third-order valence-corrected chi connectivity index (χ3v) is 5.75. The van der Waals surface area contributed by atoms with Gasteiger partial charge in [0.05, 0.1) is 12.5 Å². The fourth-order valence-electron chi connectivity index (χ4n) is 2.96. The van der Waals surface area contributed by atoms with Crippen LogP contribution in [0.25, 0.3) is 0 Å². The lowest BCUT2D eigenvalue weighted by molar-refractivity contribution is 0.173. The molecule has 0 N–H and O–H groups in total. The normalized spacial score (nSPS) is 18.0. The fourth-order valence-corrected chi connectivity index (χ4v) is 4.10. The second kappa shape index (κ2) is 5.89. The topological polar surface area (TPSA) is 43.4 Å². The molecule has 128 valence electrons. The van der Waals surface area contributed by atoms with E-state index in [1.165, 1.54) is 0 Å². The first-order valence-corrected chi connectivity index (χ1v) is 9.16. The van der Waals surface area contributed by atoms with E-state index in [0.717, 1.165) is 44.6 Å². The van der Waals surface area contributed by atoms with Crippen molar-refractivity contribution in [3.05, 3.63) is 36.4 Å². The van der Waals surface area contributed by atoms with E-state index in [1.807, 2.05) is 36.4 Å². The Morgan fingerprint density at radius 2 is 1.40 bits per heavy atom. The Bertz CT molecular complexity index is 861. The van der Waals surface area contributed by atoms with Gasteiger partial charge in [-0.05, 0) is 24.3 Å². The number of fused-ring (bicyclic) bond motifs is 2. The SMILES string of the molecule is S=C1SCN(c2ccc3c(c2)OCO3)CN1c1ccc2c(c1)OCO2. The van der Waals surface area contributed by atoms with E-state index >= 15 is 0 Å². The maximum atomic E-state index is 5.56. The maximum Gasteiger partial charge on any atom is 0.231 e. The number of ether oxygens (including phenoxy) is 4. The van der Waals surface area contributed by atoms with Crippen molar-refractivity contribution >= 4 is 39.7 Å². The number of thioether (sulfide) groups is 1. The number of benzene rings is 2. The highest BCUT2D eigenvalue weighted by molar-refractivity contribution is 8.23. The van der Waals surface area contributed by atoms with Crippen LogP contribution in [0.2, 0.25) is 0 Å². The van der Waals surface area contributed by atoms with Crippen molar-refractivity contribution in [2.75, 3.05) is 35.9 Å². The molecule has 8 heteroatoms. The number of thiocarbonyl (C=S) groups is 1. The summed E-state index contributed by atoms with van der Waals surface area (Å²) in [5.41, 5.74) is 2.07. The summed E-state index contributed by atoms with van der Waals surface area (Å²) in [4.78, 5) is 4.34. The fraction of sp³-hybridized carbons (Fsp3) is 0.235. The van der Waals surface area contributed by atoms with Crippen molar-refractivity contribution in [2.24, 2.45) is 0 Å². The Hall–Kier alpha value is -2.32. The molecule has 5 rings (SSSR count). The van der Waals surface area contributed by atoms with Gasteiger partial charge in [0.25, 0.3) is 0 Å². The first-order chi connectivity index (χ1) is 12.3. The summed E-state index contributed by atoms with van der Waals surface area (Å²) in [7, 11) is 0. The average molecular weight is 374 g/mol. The Morgan fingerprint density at radius 1 is 0.800 bits per heavy atom. The molecule has 0 radical (unpaired) electrons. The molecule has 0 unspecified atom stereocenters. The van der Waals surface area contributed by atoms with E-state index < -0.39 is 0 Å². The van der Waals surface area contributed by atoms with Gasteiger partial charge in [-0.2, -0.15) is 0 Å². The second-order valence-electron chi connectivity index (χ2n) is 5.72. The predicted octanol–water partition coefficient (Wildman–Crippen LogP) is 3.40. The van der Waals surface area contributed by atoms with Crippen molar-refractivity contribution in [3.8, 4) is 23.0 Å². The van der Waals surface area contributed by atoms with Crippen LogP contribution in [-0.4, -0.2) is 30.5 Å². The van der Waals surface area contributed by atoms with Crippen molar-refractivity contribution in [2.45, 2.75) is 0 Å². The predicted molar refractivity (Wildman–Crippen MR) is 100 cm³/mol. The lowest BCUT2D eigenvalue weighted by atomic mass is 10.2. The summed E-state index contributed by atoms with van der Waals surface area (Å²) in [6.45, 7) is 1.20. The van der Waals surface area contributed by atoms with Crippen LogP contribution in [0.1, 0.15) is 0 Å². The third kappa shape index (κ3) is 2.61. The number of nitrogens with zero attached hydrogens (tertiary/aromatic N) is 2. The summed E-state index contributed by atoms with van der Waals surface area (Å²) in [6.07, 6.45) is 0. The Kier molecular flexibility index (Phi) is 3.53. The van der Waals surface area contributed by atoms with E-state index in [9.17, 15) is 0 Å². The molecule has 0 atom stereocenters. The van der Waals surface area contributed by atoms with Gasteiger partial charge in [0.1, 0.15) is 4.32 Å². The van der Waals surface area contributed by atoms with Gasteiger partial charge in [-0.1, -0.05) is 24.0 Å². The van der Waals surface area contributed by atoms with Gasteiger partial charge in [-0.15, -0.1) is 0 Å². The quantitative estimate of drug-likeness (QED) is 0.741. The highest BCUT2D eigenvalue weighted by atomic mass is 32.2. The summed E-state index contributed by atoms with van der Waals surface area (Å²) in [5, 5.41) is 0. The summed E-state index contributed by atoms with van der Waals surface area (Å²) in [5.74, 6) is 3.89. The van der Waals surface area contributed by atoms with E-state index in [2.05, 4.69) is 9.80 Å². The molecule has 3 aliphatic heterocycles. The minimum absolute atomic E-state index is 0.265. The Morgan fingerprint density at radius 3 is 2.12 bits per heavy atom. The monoisotopic (exact) mass is 374 g/mol. The first-order valence-electron chi connectivity index (χ1n) is 7.76. The Labute approximate surface area is 154 Å². The van der Waals surface area contributed by atoms with E-state index in [1.54, 1.807) is 11.8 Å². The van der Waals surface area contributed by atoms with Crippen LogP contribution in [-0.2, 0) is 0 Å². The molecule has 0 aromatic heterocycles. The van der Waals surface area contributed by atoms with Crippen LogP contribution in [0, 0.1) is 0 Å². The minimum atomic E-state index is 0.265. The van der Waals surface area contributed by atoms with Crippen LogP contribution >= 0.6 is 24.0 Å². The average Bonchev–Trinajstić information content (AvgIpc) is 3.29. The molecular formula is C17H14N2O4S2. The van der Waals surface area contributed by atoms with Gasteiger partial charge in [0.2, 0.25) is 13.6 Å². The number of hydrogen-bond donors (Lipinski definition) is 0. The first kappa shape index (κ1) is 15.0. The molecule has 0 saturated carbocycles. The molecule has 2 aromatic carbocycles. The Balaban J connectivity index is 1.42. The van der Waals surface area contributed by atoms with Crippen molar-refractivity contribution in [3.63, 3.8) is 0 Å². The van der Waals surface area contributed by atoms with Gasteiger partial charge in [0.15, 0.2) is 23.0 Å². The van der Waals surface area contributed by atoms with Crippen LogP contribution in [0.3, 0.4) is 0 Å². The molecule has 0 amide bonds. The number of rotatable bonds is 2. The van der Waals surface area contributed by atoms with Gasteiger partial charge in [-0.25, -0.2) is 0 Å². The largest absolute Gasteiger partial charge is 0.454 e. The van der Waals surface area contributed by atoms with Crippen LogP contribution in [0.4, 0.5) is 11.4 Å². The smallest absolute Gasteiger partial charge is 0.231 e. The van der Waals surface area contributed by atoms with E-state index in [0.29, 0.717) is 6.67 Å². The molecule has 1 fully saturated rings. The van der Waals surface area contributed by atoms with Crippen LogP contribution in [0.5, 0.6) is 23.0 Å². The molecule has 0 aliphatic carbocycles. The highest BCUT2D eigenvalue weighted by Gasteiger charge is 2.26. The van der Waals surface area contributed by atoms with Crippen LogP contribution in [0.15, 0.2) is 36.4 Å². The lowest BCUT2D eigenvalue weighted by Crippen LogP contribution is -2.45. The van der Waals surface area contributed by atoms with Gasteiger partial charge < -0.3 is 28.7 Å². The molecule has 2 aromatic rings. The van der Waals surface area contributed by atoms with E-state index in [-0.39, 0.29) is 13.6 Å². The second-order valence-corrected chi connectivity index (χ2v) is 7.30. The zero-order valence-corrected chi connectivity index (χ0v) is 14.8. The zero-order chi connectivity index (χ0) is 16.8. The molecule has 3 heterocycles. The highest BCUT2D eigenvalue weighted by Crippen LogP contribution is 2.39. The molecule has 0 spiro atoms. The minimum Gasteiger partial charge on any atom is -0.454 e. The molecular weight excluding hydrogens is 360 g/mol. The van der Waals surface area contributed by atoms with Crippen molar-refractivity contribution in [1.82, 2.24) is 0 Å². The lowest BCUT2D eigenvalue weighted by Gasteiger charge is -2.38. The summed E-state index contributed by atoms with van der Waals surface area (Å²) < 4.78 is 22.6. The van der Waals surface area contributed by atoms with E-state index in [4.69, 9.17) is 31.2 Å². The molecule has 3 aliphatic rings. The molecule has 1 saturated heterocycles. The molecule has 6 nitrogen and oxygen atoms in total. The summed E-state index contributed by atoms with van der Waals surface area (Å²) in [6, 6.07) is 11.9. The van der Waals surface area contributed by atoms with Gasteiger partial charge in [-0.3, -0.25) is 0 Å². The van der Waals surface area contributed by atoms with Crippen molar-refractivity contribution < 1.29 is 18.9 Å². The van der Waals surface area contributed by atoms with Gasteiger partial charge >= 0.3 is 0 Å². The third-order valence-electron chi connectivity index (χ3n) is 4.27. The summed E-state index contributed by atoms with van der Waals surface area (Å²) >= 11 is 7.19. The van der Waals surface area contributed by atoms with Crippen molar-refractivity contribution in [1.29, 1.82) is 0 Å². The standard InChI is InChI=1S/C17H14N2O4S2/c24-17-19(12-2-4-14-16(6-12)23-10-21-14)7-18(8-25-17)11-1-3-13-15(5-11)22-9-20-13/h1-6H,7-10H2. The number of hydrogen-bond acceptors (Lipinski definition) is 7.